The number of carbonyl (C=O) groups excluding carboxylic acids is 2. The van der Waals surface area contributed by atoms with Crippen molar-refractivity contribution < 1.29 is 9.59 Å². The summed E-state index contributed by atoms with van der Waals surface area (Å²) >= 11 is 0. The molecule has 3 fully saturated rings. The van der Waals surface area contributed by atoms with Gasteiger partial charge < -0.3 is 16.0 Å². The van der Waals surface area contributed by atoms with Crippen LogP contribution in [-0.2, 0) is 11.2 Å². The first-order valence-corrected chi connectivity index (χ1v) is 15.7. The lowest BCUT2D eigenvalue weighted by Crippen LogP contribution is -2.50. The van der Waals surface area contributed by atoms with Crippen molar-refractivity contribution in [3.63, 3.8) is 0 Å². The Morgan fingerprint density at radius 2 is 1.62 bits per heavy atom. The Labute approximate surface area is 240 Å². The normalized spacial score (nSPS) is 25.7. The van der Waals surface area contributed by atoms with Crippen LogP contribution < -0.4 is 11.1 Å². The van der Waals surface area contributed by atoms with Crippen molar-refractivity contribution in [1.29, 1.82) is 0 Å². The highest BCUT2D eigenvalue weighted by atomic mass is 16.2. The zero-order chi connectivity index (χ0) is 27.9. The molecular formula is C34H48N4O2. The van der Waals surface area contributed by atoms with Gasteiger partial charge in [0.2, 0.25) is 5.91 Å². The Morgan fingerprint density at radius 3 is 2.33 bits per heavy atom. The number of nitrogens with two attached hydrogens (primary N) is 1. The van der Waals surface area contributed by atoms with E-state index in [1.54, 1.807) is 0 Å². The van der Waals surface area contributed by atoms with Crippen LogP contribution in [0.3, 0.4) is 0 Å². The highest BCUT2D eigenvalue weighted by Gasteiger charge is 2.43. The van der Waals surface area contributed by atoms with E-state index in [-0.39, 0.29) is 29.9 Å². The van der Waals surface area contributed by atoms with E-state index in [9.17, 15) is 9.59 Å². The molecule has 0 bridgehead atoms. The summed E-state index contributed by atoms with van der Waals surface area (Å²) < 4.78 is 0. The van der Waals surface area contributed by atoms with Crippen LogP contribution >= 0.6 is 0 Å². The standard InChI is InChI=1S/C34H48N4O2/c1-25-12-14-28(15-13-25)34(40)38-24-31(22-32(38)33(39)36-30-18-16-29(35)17-19-30)37(23-27-10-6-3-7-11-27)21-20-26-8-4-2-5-9-26/h2,4-5,8-9,12-15,27,29-32H,3,6-7,10-11,16-24,35H2,1H3,(H,36,39). The van der Waals surface area contributed by atoms with E-state index in [2.05, 4.69) is 40.5 Å². The maximum atomic E-state index is 13.9. The first-order chi connectivity index (χ1) is 19.5. The molecule has 5 rings (SSSR count). The second kappa shape index (κ2) is 13.8. The first kappa shape index (κ1) is 28.8. The number of hydrogen-bond acceptors (Lipinski definition) is 4. The number of nitrogens with one attached hydrogen (secondary N) is 1. The SMILES string of the molecule is Cc1ccc(C(=O)N2CC(N(CCc3ccccc3)CC3CCCCC3)CC2C(=O)NC2CCC(N)CC2)cc1. The van der Waals surface area contributed by atoms with E-state index in [4.69, 9.17) is 5.73 Å². The highest BCUT2D eigenvalue weighted by Crippen LogP contribution is 2.30. The molecule has 3 aliphatic rings. The second-order valence-electron chi connectivity index (χ2n) is 12.6. The Balaban J connectivity index is 1.35. The van der Waals surface area contributed by atoms with Crippen LogP contribution in [0.1, 0.15) is 85.7 Å². The second-order valence-corrected chi connectivity index (χ2v) is 12.6. The van der Waals surface area contributed by atoms with Crippen LogP contribution in [0.25, 0.3) is 0 Å². The van der Waals surface area contributed by atoms with Crippen LogP contribution in [0, 0.1) is 12.8 Å². The average Bonchev–Trinajstić information content (AvgIpc) is 3.43. The molecule has 2 atom stereocenters. The van der Waals surface area contributed by atoms with E-state index in [1.165, 1.54) is 37.7 Å². The van der Waals surface area contributed by atoms with E-state index in [0.29, 0.717) is 24.4 Å². The topological polar surface area (TPSA) is 78.7 Å². The maximum Gasteiger partial charge on any atom is 0.254 e. The van der Waals surface area contributed by atoms with Crippen molar-refractivity contribution in [2.75, 3.05) is 19.6 Å². The van der Waals surface area contributed by atoms with Gasteiger partial charge in [0.15, 0.2) is 0 Å². The quantitative estimate of drug-likeness (QED) is 0.461. The lowest BCUT2D eigenvalue weighted by molar-refractivity contribution is -0.125. The fraction of sp³-hybridized carbons (Fsp3) is 0.588. The number of hydrogen-bond donors (Lipinski definition) is 2. The van der Waals surface area contributed by atoms with Gasteiger partial charge in [-0.3, -0.25) is 14.5 Å². The Morgan fingerprint density at radius 1 is 0.925 bits per heavy atom. The lowest BCUT2D eigenvalue weighted by atomic mass is 9.88. The van der Waals surface area contributed by atoms with E-state index < -0.39 is 6.04 Å². The third kappa shape index (κ3) is 7.52. The number of likely N-dealkylation sites (tertiary alicyclic amines) is 1. The third-order valence-corrected chi connectivity index (χ3v) is 9.52. The molecule has 1 aliphatic heterocycles. The largest absolute Gasteiger partial charge is 0.352 e. The molecular weight excluding hydrogens is 496 g/mol. The van der Waals surface area contributed by atoms with Gasteiger partial charge in [-0.2, -0.15) is 0 Å². The number of nitrogens with zero attached hydrogens (tertiary/aromatic N) is 2. The van der Waals surface area contributed by atoms with Gasteiger partial charge in [-0.25, -0.2) is 0 Å². The van der Waals surface area contributed by atoms with Gasteiger partial charge in [0.1, 0.15) is 6.04 Å². The summed E-state index contributed by atoms with van der Waals surface area (Å²) in [6.45, 7) is 4.63. The summed E-state index contributed by atoms with van der Waals surface area (Å²) in [6.07, 6.45) is 11.9. The van der Waals surface area contributed by atoms with Crippen molar-refractivity contribution in [1.82, 2.24) is 15.1 Å². The van der Waals surface area contributed by atoms with Crippen molar-refractivity contribution in [3.05, 3.63) is 71.3 Å². The Bertz CT molecular complexity index is 1090. The summed E-state index contributed by atoms with van der Waals surface area (Å²) in [5.41, 5.74) is 9.24. The minimum absolute atomic E-state index is 0.00380. The molecule has 3 N–H and O–H groups in total. The van der Waals surface area contributed by atoms with Crippen molar-refractivity contribution in [2.45, 2.75) is 102 Å². The molecule has 2 aromatic carbocycles. The molecule has 2 saturated carbocycles. The molecule has 0 aromatic heterocycles. The summed E-state index contributed by atoms with van der Waals surface area (Å²) in [4.78, 5) is 32.1. The summed E-state index contributed by atoms with van der Waals surface area (Å²) in [7, 11) is 0. The van der Waals surface area contributed by atoms with Crippen molar-refractivity contribution in [3.8, 4) is 0 Å². The smallest absolute Gasteiger partial charge is 0.254 e. The zero-order valence-electron chi connectivity index (χ0n) is 24.3. The molecule has 216 valence electrons. The predicted molar refractivity (Wildman–Crippen MR) is 161 cm³/mol. The van der Waals surface area contributed by atoms with E-state index in [0.717, 1.165) is 50.8 Å². The lowest BCUT2D eigenvalue weighted by Gasteiger charge is -2.34. The molecule has 2 aliphatic carbocycles. The number of aryl methyl sites for hydroxylation is 1. The van der Waals surface area contributed by atoms with Crippen molar-refractivity contribution >= 4 is 11.8 Å². The Kier molecular flexibility index (Phi) is 9.92. The van der Waals surface area contributed by atoms with E-state index >= 15 is 0 Å². The van der Waals surface area contributed by atoms with Crippen LogP contribution in [0.5, 0.6) is 0 Å². The van der Waals surface area contributed by atoms with Gasteiger partial charge in [-0.15, -0.1) is 0 Å². The molecule has 1 saturated heterocycles. The molecule has 0 spiro atoms. The van der Waals surface area contributed by atoms with Gasteiger partial charge in [0.05, 0.1) is 0 Å². The molecule has 2 unspecified atom stereocenters. The molecule has 2 aromatic rings. The number of benzene rings is 2. The summed E-state index contributed by atoms with van der Waals surface area (Å²) in [5, 5.41) is 3.32. The zero-order valence-corrected chi connectivity index (χ0v) is 24.3. The van der Waals surface area contributed by atoms with Crippen LogP contribution in [-0.4, -0.2) is 65.4 Å². The fourth-order valence-corrected chi connectivity index (χ4v) is 7.02. The summed E-state index contributed by atoms with van der Waals surface area (Å²) in [6, 6.07) is 18.6. The van der Waals surface area contributed by atoms with Gasteiger partial charge in [-0.1, -0.05) is 67.3 Å². The molecule has 0 radical (unpaired) electrons. The first-order valence-electron chi connectivity index (χ1n) is 15.7. The minimum atomic E-state index is -0.444. The average molecular weight is 545 g/mol. The molecule has 1 heterocycles. The van der Waals surface area contributed by atoms with E-state index in [1.807, 2.05) is 36.1 Å². The fourth-order valence-electron chi connectivity index (χ4n) is 7.02. The van der Waals surface area contributed by atoms with Crippen molar-refractivity contribution in [2.24, 2.45) is 11.7 Å². The van der Waals surface area contributed by atoms with Crippen LogP contribution in [0.2, 0.25) is 0 Å². The number of amides is 2. The molecule has 6 nitrogen and oxygen atoms in total. The Hall–Kier alpha value is -2.70. The summed E-state index contributed by atoms with van der Waals surface area (Å²) in [5.74, 6) is 0.670. The van der Waals surface area contributed by atoms with Gasteiger partial charge in [0, 0.05) is 43.3 Å². The van der Waals surface area contributed by atoms with Crippen LogP contribution in [0.4, 0.5) is 0 Å². The minimum Gasteiger partial charge on any atom is -0.352 e. The number of carbonyl (C=O) groups is 2. The monoisotopic (exact) mass is 544 g/mol. The number of rotatable bonds is 9. The highest BCUT2D eigenvalue weighted by molar-refractivity contribution is 5.98. The third-order valence-electron chi connectivity index (χ3n) is 9.52. The molecule has 40 heavy (non-hydrogen) atoms. The molecule has 6 heteroatoms. The molecule has 2 amide bonds. The predicted octanol–water partition coefficient (Wildman–Crippen LogP) is 5.09. The maximum absolute atomic E-state index is 13.9. The van der Waals surface area contributed by atoms with Crippen LogP contribution in [0.15, 0.2) is 54.6 Å². The van der Waals surface area contributed by atoms with Gasteiger partial charge in [0.25, 0.3) is 5.91 Å². The van der Waals surface area contributed by atoms with Gasteiger partial charge >= 0.3 is 0 Å². The van der Waals surface area contributed by atoms with Gasteiger partial charge in [-0.05, 0) is 81.9 Å².